The molecule has 27 heavy (non-hydrogen) atoms. The summed E-state index contributed by atoms with van der Waals surface area (Å²) in [4.78, 5) is 17.4. The highest BCUT2D eigenvalue weighted by molar-refractivity contribution is 8.02. The maximum Gasteiger partial charge on any atom is 0.237 e. The number of carbonyl (C=O) groups is 1. The highest BCUT2D eigenvalue weighted by Gasteiger charge is 2.22. The molecule has 0 aliphatic carbocycles. The first kappa shape index (κ1) is 22.0. The average Bonchev–Trinajstić information content (AvgIpc) is 3.13. The number of hydrogen-bond donors (Lipinski definition) is 1. The van der Waals surface area contributed by atoms with E-state index in [2.05, 4.69) is 50.1 Å². The van der Waals surface area contributed by atoms with Gasteiger partial charge in [-0.3, -0.25) is 4.79 Å². The van der Waals surface area contributed by atoms with Crippen molar-refractivity contribution < 1.29 is 4.79 Å². The Morgan fingerprint density at radius 3 is 2.41 bits per heavy atom. The van der Waals surface area contributed by atoms with E-state index in [0.29, 0.717) is 0 Å². The Morgan fingerprint density at radius 2 is 1.78 bits per heavy atom. The fourth-order valence-corrected chi connectivity index (χ4v) is 5.24. The second-order valence-electron chi connectivity index (χ2n) is 7.22. The van der Waals surface area contributed by atoms with E-state index in [1.807, 2.05) is 5.38 Å². The lowest BCUT2D eigenvalue weighted by atomic mass is 10.0. The van der Waals surface area contributed by atoms with Crippen LogP contribution in [0.2, 0.25) is 0 Å². The number of unbranched alkanes of at least 4 members (excludes halogenated alkanes) is 5. The zero-order chi connectivity index (χ0) is 19.6. The van der Waals surface area contributed by atoms with E-state index in [1.54, 1.807) is 29.3 Å². The van der Waals surface area contributed by atoms with E-state index < -0.39 is 0 Å². The maximum atomic E-state index is 13.0. The second kappa shape index (κ2) is 11.5. The standard InChI is InChI=1S/C22H32N2OS2/c1-5-6-7-8-9-10-11-19(27-22-23-12-13-26-22)21(25)24-20-17(3)14-16(2)15-18(20)4/h12-15,19H,5-11H2,1-4H3,(H,24,25). The smallest absolute Gasteiger partial charge is 0.237 e. The lowest BCUT2D eigenvalue weighted by Crippen LogP contribution is -2.26. The third kappa shape index (κ3) is 7.30. The molecule has 1 amide bonds. The third-order valence-electron chi connectivity index (χ3n) is 4.69. The molecule has 0 bridgehead atoms. The normalized spacial score (nSPS) is 12.1. The van der Waals surface area contributed by atoms with Crippen LogP contribution in [0.15, 0.2) is 28.0 Å². The number of carbonyl (C=O) groups excluding carboxylic acids is 1. The number of thioether (sulfide) groups is 1. The molecule has 148 valence electrons. The number of nitrogens with zero attached hydrogens (tertiary/aromatic N) is 1. The van der Waals surface area contributed by atoms with Gasteiger partial charge in [-0.05, 0) is 38.3 Å². The molecule has 0 saturated heterocycles. The van der Waals surface area contributed by atoms with Gasteiger partial charge >= 0.3 is 0 Å². The summed E-state index contributed by atoms with van der Waals surface area (Å²) >= 11 is 3.21. The lowest BCUT2D eigenvalue weighted by molar-refractivity contribution is -0.115. The molecule has 2 aromatic rings. The largest absolute Gasteiger partial charge is 0.325 e. The molecule has 0 fully saturated rings. The SMILES string of the molecule is CCCCCCCCC(Sc1nccs1)C(=O)Nc1c(C)cc(C)cc1C. The average molecular weight is 405 g/mol. The summed E-state index contributed by atoms with van der Waals surface area (Å²) in [6, 6.07) is 4.25. The topological polar surface area (TPSA) is 42.0 Å². The monoisotopic (exact) mass is 404 g/mol. The molecule has 1 unspecified atom stereocenters. The van der Waals surface area contributed by atoms with Crippen molar-refractivity contribution in [2.45, 2.75) is 82.2 Å². The van der Waals surface area contributed by atoms with Crippen molar-refractivity contribution in [2.24, 2.45) is 0 Å². The van der Waals surface area contributed by atoms with Crippen molar-refractivity contribution >= 4 is 34.7 Å². The Bertz CT molecular complexity index is 690. The Hall–Kier alpha value is -1.33. The van der Waals surface area contributed by atoms with Crippen molar-refractivity contribution in [3.8, 4) is 0 Å². The summed E-state index contributed by atoms with van der Waals surface area (Å²) in [5.74, 6) is 0.0961. The number of aromatic nitrogens is 1. The molecule has 0 radical (unpaired) electrons. The van der Waals surface area contributed by atoms with E-state index in [4.69, 9.17) is 0 Å². The molecule has 1 atom stereocenters. The fourth-order valence-electron chi connectivity index (χ4n) is 3.32. The van der Waals surface area contributed by atoms with Crippen molar-refractivity contribution in [3.63, 3.8) is 0 Å². The number of nitrogens with one attached hydrogen (secondary N) is 1. The molecule has 0 aliphatic rings. The summed E-state index contributed by atoms with van der Waals surface area (Å²) in [6.45, 7) is 8.45. The van der Waals surface area contributed by atoms with Crippen LogP contribution >= 0.6 is 23.1 Å². The Balaban J connectivity index is 2.00. The van der Waals surface area contributed by atoms with E-state index in [-0.39, 0.29) is 11.2 Å². The summed E-state index contributed by atoms with van der Waals surface area (Å²) in [7, 11) is 0. The van der Waals surface area contributed by atoms with Crippen LogP contribution in [-0.4, -0.2) is 16.1 Å². The van der Waals surface area contributed by atoms with Gasteiger partial charge in [-0.25, -0.2) is 4.98 Å². The molecule has 1 aromatic heterocycles. The van der Waals surface area contributed by atoms with Crippen molar-refractivity contribution in [2.75, 3.05) is 5.32 Å². The van der Waals surface area contributed by atoms with Crippen LogP contribution in [0.1, 0.15) is 68.6 Å². The summed E-state index contributed by atoms with van der Waals surface area (Å²) in [6.07, 6.45) is 10.1. The molecule has 3 nitrogen and oxygen atoms in total. The first-order valence-electron chi connectivity index (χ1n) is 9.96. The molecular formula is C22H32N2OS2. The first-order chi connectivity index (χ1) is 13.0. The predicted molar refractivity (Wildman–Crippen MR) is 119 cm³/mol. The number of aryl methyl sites for hydroxylation is 3. The number of rotatable bonds is 11. The van der Waals surface area contributed by atoms with Crippen molar-refractivity contribution in [3.05, 3.63) is 40.4 Å². The Morgan fingerprint density at radius 1 is 1.11 bits per heavy atom. The zero-order valence-corrected chi connectivity index (χ0v) is 18.6. The van der Waals surface area contributed by atoms with Gasteiger partial charge in [0.1, 0.15) is 0 Å². The van der Waals surface area contributed by atoms with Gasteiger partial charge in [0.2, 0.25) is 5.91 Å². The highest BCUT2D eigenvalue weighted by Crippen LogP contribution is 2.31. The number of hydrogen-bond acceptors (Lipinski definition) is 4. The van der Waals surface area contributed by atoms with E-state index in [1.165, 1.54) is 37.7 Å². The molecule has 1 aromatic carbocycles. The van der Waals surface area contributed by atoms with Gasteiger partial charge in [0.05, 0.1) is 5.25 Å². The predicted octanol–water partition coefficient (Wildman–Crippen LogP) is 6.92. The molecule has 0 spiro atoms. The van der Waals surface area contributed by atoms with Crippen LogP contribution in [-0.2, 0) is 4.79 Å². The van der Waals surface area contributed by atoms with Gasteiger partial charge in [-0.1, -0.05) is 74.9 Å². The summed E-state index contributed by atoms with van der Waals surface area (Å²) < 4.78 is 0.971. The quantitative estimate of drug-likeness (QED) is 0.326. The number of anilines is 1. The number of benzene rings is 1. The van der Waals surface area contributed by atoms with Crippen LogP contribution in [0.3, 0.4) is 0 Å². The minimum absolute atomic E-state index is 0.0950. The van der Waals surface area contributed by atoms with Gasteiger partial charge in [0, 0.05) is 17.3 Å². The Kier molecular flexibility index (Phi) is 9.35. The second-order valence-corrected chi connectivity index (χ2v) is 9.57. The lowest BCUT2D eigenvalue weighted by Gasteiger charge is -2.18. The number of amides is 1. The van der Waals surface area contributed by atoms with Crippen molar-refractivity contribution in [1.82, 2.24) is 4.98 Å². The van der Waals surface area contributed by atoms with Gasteiger partial charge in [0.25, 0.3) is 0 Å². The molecule has 2 rings (SSSR count). The van der Waals surface area contributed by atoms with Gasteiger partial charge in [0.15, 0.2) is 4.34 Å². The Labute approximate surface area is 172 Å². The molecular weight excluding hydrogens is 372 g/mol. The summed E-state index contributed by atoms with van der Waals surface area (Å²) in [5, 5.41) is 5.07. The van der Waals surface area contributed by atoms with Gasteiger partial charge in [-0.15, -0.1) is 11.3 Å². The first-order valence-corrected chi connectivity index (χ1v) is 11.7. The van der Waals surface area contributed by atoms with Crippen LogP contribution in [0.5, 0.6) is 0 Å². The van der Waals surface area contributed by atoms with Gasteiger partial charge in [-0.2, -0.15) is 0 Å². The molecule has 5 heteroatoms. The number of thiazole rings is 1. The maximum absolute atomic E-state index is 13.0. The van der Waals surface area contributed by atoms with E-state index in [9.17, 15) is 4.79 Å². The third-order valence-corrected chi connectivity index (χ3v) is 6.87. The zero-order valence-electron chi connectivity index (χ0n) is 17.0. The minimum atomic E-state index is -0.0950. The highest BCUT2D eigenvalue weighted by atomic mass is 32.2. The van der Waals surface area contributed by atoms with E-state index in [0.717, 1.165) is 34.0 Å². The molecule has 1 N–H and O–H groups in total. The van der Waals surface area contributed by atoms with Gasteiger partial charge < -0.3 is 5.32 Å². The summed E-state index contributed by atoms with van der Waals surface area (Å²) in [5.41, 5.74) is 4.43. The van der Waals surface area contributed by atoms with E-state index >= 15 is 0 Å². The minimum Gasteiger partial charge on any atom is -0.325 e. The van der Waals surface area contributed by atoms with Crippen molar-refractivity contribution in [1.29, 1.82) is 0 Å². The van der Waals surface area contributed by atoms with Crippen LogP contribution in [0.4, 0.5) is 5.69 Å². The van der Waals surface area contributed by atoms with Crippen LogP contribution < -0.4 is 5.32 Å². The molecule has 1 heterocycles. The van der Waals surface area contributed by atoms with Crippen LogP contribution in [0, 0.1) is 20.8 Å². The molecule has 0 saturated carbocycles. The van der Waals surface area contributed by atoms with Crippen LogP contribution in [0.25, 0.3) is 0 Å². The molecule has 0 aliphatic heterocycles. The fraction of sp³-hybridized carbons (Fsp3) is 0.545.